The number of rotatable bonds is 7. The molecule has 0 aliphatic rings. The van der Waals surface area contributed by atoms with Crippen molar-refractivity contribution in [2.24, 2.45) is 0 Å². The Morgan fingerprint density at radius 1 is 1.18 bits per heavy atom. The summed E-state index contributed by atoms with van der Waals surface area (Å²) < 4.78 is 5.66. The van der Waals surface area contributed by atoms with E-state index in [9.17, 15) is 0 Å². The van der Waals surface area contributed by atoms with Crippen LogP contribution >= 0.6 is 0 Å². The molecule has 0 spiro atoms. The molecule has 3 heteroatoms. The van der Waals surface area contributed by atoms with Crippen LogP contribution in [0.5, 0.6) is 5.75 Å². The largest absolute Gasteiger partial charge is 0.492 e. The highest BCUT2D eigenvalue weighted by Crippen LogP contribution is 2.11. The van der Waals surface area contributed by atoms with E-state index in [1.165, 1.54) is 5.56 Å². The van der Waals surface area contributed by atoms with Crippen LogP contribution in [0.15, 0.2) is 24.3 Å². The molecule has 0 radical (unpaired) electrons. The Morgan fingerprint density at radius 3 is 2.35 bits per heavy atom. The molecule has 0 amide bonds. The second kappa shape index (κ2) is 7.30. The first kappa shape index (κ1) is 14.0. The van der Waals surface area contributed by atoms with Crippen molar-refractivity contribution in [3.05, 3.63) is 29.8 Å². The fraction of sp³-hybridized carbons (Fsp3) is 0.571. The average molecular weight is 237 g/mol. The Bertz CT molecular complexity index is 309. The van der Waals surface area contributed by atoms with Gasteiger partial charge in [0.1, 0.15) is 12.4 Å². The van der Waals surface area contributed by atoms with Gasteiger partial charge in [-0.25, -0.2) is 0 Å². The molecule has 1 aromatic carbocycles. The van der Waals surface area contributed by atoms with Gasteiger partial charge in [0, 0.05) is 19.1 Å². The summed E-state index contributed by atoms with van der Waals surface area (Å²) >= 11 is 0. The molecule has 0 aliphatic carbocycles. The minimum absolute atomic E-state index is 0.197. The van der Waals surface area contributed by atoms with Crippen molar-refractivity contribution in [2.45, 2.75) is 26.8 Å². The van der Waals surface area contributed by atoms with Crippen LogP contribution in [0, 0.1) is 6.92 Å². The SMILES string of the molecule is Cc1ccc(OCCN(CCO)C(C)C)cc1. The number of ether oxygens (including phenoxy) is 1. The zero-order chi connectivity index (χ0) is 12.7. The Kier molecular flexibility index (Phi) is 6.01. The van der Waals surface area contributed by atoms with Crippen LogP contribution < -0.4 is 4.74 Å². The number of hydrogen-bond acceptors (Lipinski definition) is 3. The van der Waals surface area contributed by atoms with Crippen molar-refractivity contribution in [3.8, 4) is 5.75 Å². The molecule has 3 nitrogen and oxygen atoms in total. The van der Waals surface area contributed by atoms with Crippen molar-refractivity contribution < 1.29 is 9.84 Å². The molecule has 17 heavy (non-hydrogen) atoms. The molecule has 0 saturated heterocycles. The van der Waals surface area contributed by atoms with Crippen molar-refractivity contribution in [2.75, 3.05) is 26.3 Å². The smallest absolute Gasteiger partial charge is 0.119 e. The highest BCUT2D eigenvalue weighted by Gasteiger charge is 2.08. The van der Waals surface area contributed by atoms with E-state index in [1.807, 2.05) is 24.3 Å². The molecule has 0 fully saturated rings. The van der Waals surface area contributed by atoms with Crippen LogP contribution in [0.4, 0.5) is 0 Å². The van der Waals surface area contributed by atoms with Gasteiger partial charge in [-0.05, 0) is 32.9 Å². The zero-order valence-corrected chi connectivity index (χ0v) is 11.0. The van der Waals surface area contributed by atoms with E-state index < -0.39 is 0 Å². The van der Waals surface area contributed by atoms with Gasteiger partial charge in [0.05, 0.1) is 6.61 Å². The van der Waals surface area contributed by atoms with Crippen LogP contribution in [-0.2, 0) is 0 Å². The second-order valence-electron chi connectivity index (χ2n) is 4.51. The normalized spacial score (nSPS) is 11.2. The van der Waals surface area contributed by atoms with Gasteiger partial charge in [-0.3, -0.25) is 4.90 Å². The minimum Gasteiger partial charge on any atom is -0.492 e. The lowest BCUT2D eigenvalue weighted by atomic mass is 10.2. The Hall–Kier alpha value is -1.06. The molecule has 0 bridgehead atoms. The summed E-state index contributed by atoms with van der Waals surface area (Å²) in [5.41, 5.74) is 1.24. The number of aliphatic hydroxyl groups excluding tert-OH is 1. The molecule has 0 aromatic heterocycles. The van der Waals surface area contributed by atoms with Gasteiger partial charge < -0.3 is 9.84 Å². The number of hydrogen-bond donors (Lipinski definition) is 1. The summed E-state index contributed by atoms with van der Waals surface area (Å²) in [5, 5.41) is 8.95. The number of benzene rings is 1. The molecule has 0 aliphatic heterocycles. The molecular weight excluding hydrogens is 214 g/mol. The van der Waals surface area contributed by atoms with Gasteiger partial charge in [0.25, 0.3) is 0 Å². The van der Waals surface area contributed by atoms with Crippen LogP contribution in [0.1, 0.15) is 19.4 Å². The lowest BCUT2D eigenvalue weighted by Gasteiger charge is -2.25. The van der Waals surface area contributed by atoms with Gasteiger partial charge in [-0.15, -0.1) is 0 Å². The van der Waals surface area contributed by atoms with Crippen LogP contribution in [-0.4, -0.2) is 42.4 Å². The maximum atomic E-state index is 8.95. The van der Waals surface area contributed by atoms with Crippen molar-refractivity contribution in [3.63, 3.8) is 0 Å². The van der Waals surface area contributed by atoms with E-state index in [4.69, 9.17) is 9.84 Å². The first-order valence-electron chi connectivity index (χ1n) is 6.18. The molecule has 0 atom stereocenters. The quantitative estimate of drug-likeness (QED) is 0.788. The van der Waals surface area contributed by atoms with E-state index >= 15 is 0 Å². The van der Waals surface area contributed by atoms with Gasteiger partial charge in [0.2, 0.25) is 0 Å². The summed E-state index contributed by atoms with van der Waals surface area (Å²) in [4.78, 5) is 2.20. The van der Waals surface area contributed by atoms with Crippen LogP contribution in [0.3, 0.4) is 0 Å². The first-order chi connectivity index (χ1) is 8.13. The van der Waals surface area contributed by atoms with Crippen molar-refractivity contribution in [1.29, 1.82) is 0 Å². The van der Waals surface area contributed by atoms with Crippen LogP contribution in [0.25, 0.3) is 0 Å². The van der Waals surface area contributed by atoms with E-state index in [0.29, 0.717) is 19.2 Å². The van der Waals surface area contributed by atoms with Gasteiger partial charge in [-0.1, -0.05) is 17.7 Å². The second-order valence-corrected chi connectivity index (χ2v) is 4.51. The molecule has 1 aromatic rings. The third kappa shape index (κ3) is 5.20. The van der Waals surface area contributed by atoms with E-state index in [1.54, 1.807) is 0 Å². The maximum absolute atomic E-state index is 8.95. The topological polar surface area (TPSA) is 32.7 Å². The summed E-state index contributed by atoms with van der Waals surface area (Å²) in [7, 11) is 0. The molecule has 1 rings (SSSR count). The van der Waals surface area contributed by atoms with E-state index in [0.717, 1.165) is 12.3 Å². The Labute approximate surface area is 104 Å². The Morgan fingerprint density at radius 2 is 1.82 bits per heavy atom. The molecule has 96 valence electrons. The fourth-order valence-corrected chi connectivity index (χ4v) is 1.67. The predicted octanol–water partition coefficient (Wildman–Crippen LogP) is 2.08. The molecule has 0 saturated carbocycles. The highest BCUT2D eigenvalue weighted by atomic mass is 16.5. The molecular formula is C14H23NO2. The number of aliphatic hydroxyl groups is 1. The fourth-order valence-electron chi connectivity index (χ4n) is 1.67. The van der Waals surface area contributed by atoms with Gasteiger partial charge in [-0.2, -0.15) is 0 Å². The van der Waals surface area contributed by atoms with Crippen molar-refractivity contribution >= 4 is 0 Å². The first-order valence-corrected chi connectivity index (χ1v) is 6.18. The third-order valence-corrected chi connectivity index (χ3v) is 2.79. The number of aryl methyl sites for hydroxylation is 1. The predicted molar refractivity (Wildman–Crippen MR) is 70.5 cm³/mol. The summed E-state index contributed by atoms with van der Waals surface area (Å²) in [6, 6.07) is 8.50. The Balaban J connectivity index is 2.33. The maximum Gasteiger partial charge on any atom is 0.119 e. The van der Waals surface area contributed by atoms with E-state index in [2.05, 4.69) is 25.7 Å². The average Bonchev–Trinajstić information content (AvgIpc) is 2.30. The highest BCUT2D eigenvalue weighted by molar-refractivity contribution is 5.26. The molecule has 0 unspecified atom stereocenters. The van der Waals surface area contributed by atoms with Gasteiger partial charge >= 0.3 is 0 Å². The summed E-state index contributed by atoms with van der Waals surface area (Å²) in [6.07, 6.45) is 0. The van der Waals surface area contributed by atoms with Crippen molar-refractivity contribution in [1.82, 2.24) is 4.90 Å². The van der Waals surface area contributed by atoms with E-state index in [-0.39, 0.29) is 6.61 Å². The lowest BCUT2D eigenvalue weighted by Crippen LogP contribution is -2.36. The lowest BCUT2D eigenvalue weighted by molar-refractivity contribution is 0.141. The monoisotopic (exact) mass is 237 g/mol. The minimum atomic E-state index is 0.197. The zero-order valence-electron chi connectivity index (χ0n) is 11.0. The van der Waals surface area contributed by atoms with Crippen LogP contribution in [0.2, 0.25) is 0 Å². The standard InChI is InChI=1S/C14H23NO2/c1-12(2)15(8-10-16)9-11-17-14-6-4-13(3)5-7-14/h4-7,12,16H,8-11H2,1-3H3. The summed E-state index contributed by atoms with van der Waals surface area (Å²) in [5.74, 6) is 0.906. The summed E-state index contributed by atoms with van der Waals surface area (Å²) in [6.45, 7) is 8.71. The molecule has 0 heterocycles. The third-order valence-electron chi connectivity index (χ3n) is 2.79. The van der Waals surface area contributed by atoms with Gasteiger partial charge in [0.15, 0.2) is 0 Å². The number of nitrogens with zero attached hydrogens (tertiary/aromatic N) is 1. The molecule has 1 N–H and O–H groups in total.